The summed E-state index contributed by atoms with van der Waals surface area (Å²) >= 11 is 0. The Morgan fingerprint density at radius 3 is 2.27 bits per heavy atom. The van der Waals surface area contributed by atoms with Crippen LogP contribution in [0.1, 0.15) is 20.7 Å². The molecule has 0 bridgehead atoms. The Morgan fingerprint density at radius 1 is 0.818 bits per heavy atom. The first-order valence-electron chi connectivity index (χ1n) is 12.7. The molecule has 10 nitrogen and oxygen atoms in total. The molecule has 0 fully saturated rings. The number of carbonyl (C=O) groups excluding carboxylic acids is 2. The number of sulfonamides is 1. The van der Waals surface area contributed by atoms with Crippen molar-refractivity contribution in [2.75, 3.05) is 4.72 Å². The topological polar surface area (TPSA) is 147 Å². The molecule has 0 saturated carbocycles. The second kappa shape index (κ2) is 12.6. The van der Waals surface area contributed by atoms with Gasteiger partial charge in [0.15, 0.2) is 12.6 Å². The second-order valence-corrected chi connectivity index (χ2v) is 10.8. The third-order valence-electron chi connectivity index (χ3n) is 6.15. The fourth-order valence-electron chi connectivity index (χ4n) is 4.03. The van der Waals surface area contributed by atoms with Crippen LogP contribution in [0.2, 0.25) is 0 Å². The molecule has 0 spiro atoms. The Hall–Kier alpha value is -5.82. The van der Waals surface area contributed by atoms with Crippen molar-refractivity contribution in [3.63, 3.8) is 0 Å². The number of nitrogens with one attached hydrogen (secondary N) is 1. The first kappa shape index (κ1) is 29.7. The minimum atomic E-state index is -3.90. The quantitative estimate of drug-likeness (QED) is 0.123. The van der Waals surface area contributed by atoms with Gasteiger partial charge in [-0.3, -0.25) is 14.3 Å². The lowest BCUT2D eigenvalue weighted by Gasteiger charge is -2.13. The van der Waals surface area contributed by atoms with Crippen LogP contribution < -0.4 is 9.46 Å². The van der Waals surface area contributed by atoms with Crippen molar-refractivity contribution < 1.29 is 36.6 Å². The van der Waals surface area contributed by atoms with Crippen molar-refractivity contribution >= 4 is 39.8 Å². The summed E-state index contributed by atoms with van der Waals surface area (Å²) < 4.78 is 61.0. The van der Waals surface area contributed by atoms with E-state index in [9.17, 15) is 31.9 Å². The van der Waals surface area contributed by atoms with Crippen molar-refractivity contribution in [2.24, 2.45) is 10.2 Å². The molecule has 1 aromatic heterocycles. The Labute approximate surface area is 249 Å². The van der Waals surface area contributed by atoms with Crippen LogP contribution in [0.4, 0.5) is 26.0 Å². The van der Waals surface area contributed by atoms with E-state index < -0.39 is 27.4 Å². The van der Waals surface area contributed by atoms with E-state index in [0.717, 1.165) is 18.2 Å². The van der Waals surface area contributed by atoms with Gasteiger partial charge >= 0.3 is 0 Å². The van der Waals surface area contributed by atoms with Crippen LogP contribution in [0.25, 0.3) is 11.1 Å². The molecule has 5 rings (SSSR count). The van der Waals surface area contributed by atoms with Gasteiger partial charge in [-0.2, -0.15) is 10.2 Å². The number of anilines is 1. The lowest BCUT2D eigenvalue weighted by Crippen LogP contribution is -2.13. The molecule has 13 heteroatoms. The number of phenols is 1. The smallest absolute Gasteiger partial charge is 0.263 e. The summed E-state index contributed by atoms with van der Waals surface area (Å²) in [5, 5.41) is 18.5. The molecule has 0 unspecified atom stereocenters. The molecular formula is C31H20F2N4O6S. The highest BCUT2D eigenvalue weighted by Gasteiger charge is 2.17. The fourth-order valence-corrected chi connectivity index (χ4v) is 5.04. The van der Waals surface area contributed by atoms with E-state index in [1.165, 1.54) is 66.9 Å². The SMILES string of the molecule is O=Cc1cc(-c2ccc(F)cc2F)ccc1Oc1cc(/N=N/c2ccc(S(=O)(=O)Nc3ccccn3)cc2)cc(O)c1C=O. The number of azo groups is 1. The summed E-state index contributed by atoms with van der Waals surface area (Å²) in [6, 6.07) is 19.9. The van der Waals surface area contributed by atoms with E-state index in [-0.39, 0.29) is 55.8 Å². The maximum Gasteiger partial charge on any atom is 0.263 e. The molecule has 0 atom stereocenters. The number of carbonyl (C=O) groups is 2. The van der Waals surface area contributed by atoms with Crippen molar-refractivity contribution in [1.82, 2.24) is 4.98 Å². The van der Waals surface area contributed by atoms with Crippen molar-refractivity contribution in [2.45, 2.75) is 4.90 Å². The van der Waals surface area contributed by atoms with Crippen molar-refractivity contribution in [3.05, 3.63) is 120 Å². The summed E-state index contributed by atoms with van der Waals surface area (Å²) in [6.45, 7) is 0. The highest BCUT2D eigenvalue weighted by atomic mass is 32.2. The lowest BCUT2D eigenvalue weighted by atomic mass is 10.0. The molecule has 5 aromatic rings. The largest absolute Gasteiger partial charge is 0.507 e. The first-order valence-corrected chi connectivity index (χ1v) is 14.2. The highest BCUT2D eigenvalue weighted by Crippen LogP contribution is 2.37. The highest BCUT2D eigenvalue weighted by molar-refractivity contribution is 7.92. The number of hydrogen-bond donors (Lipinski definition) is 2. The molecule has 0 saturated heterocycles. The van der Waals surface area contributed by atoms with Crippen LogP contribution in [0.15, 0.2) is 112 Å². The van der Waals surface area contributed by atoms with E-state index in [0.29, 0.717) is 12.6 Å². The fraction of sp³-hybridized carbons (Fsp3) is 0. The van der Waals surface area contributed by atoms with Gasteiger partial charge in [0.1, 0.15) is 34.7 Å². The number of halogens is 2. The molecule has 0 amide bonds. The number of aromatic nitrogens is 1. The van der Waals surface area contributed by atoms with Gasteiger partial charge in [-0.15, -0.1) is 0 Å². The van der Waals surface area contributed by atoms with E-state index in [2.05, 4.69) is 19.9 Å². The van der Waals surface area contributed by atoms with Crippen molar-refractivity contribution in [3.8, 4) is 28.4 Å². The van der Waals surface area contributed by atoms with Gasteiger partial charge < -0.3 is 9.84 Å². The molecule has 0 aliphatic carbocycles. The third kappa shape index (κ3) is 6.63. The first-order chi connectivity index (χ1) is 21.2. The number of rotatable bonds is 10. The lowest BCUT2D eigenvalue weighted by molar-refractivity contribution is 0.111. The van der Waals surface area contributed by atoms with Gasteiger partial charge in [-0.1, -0.05) is 12.1 Å². The van der Waals surface area contributed by atoms with Gasteiger partial charge in [-0.05, 0) is 66.2 Å². The third-order valence-corrected chi connectivity index (χ3v) is 7.52. The Balaban J connectivity index is 1.38. The van der Waals surface area contributed by atoms with E-state index >= 15 is 0 Å². The summed E-state index contributed by atoms with van der Waals surface area (Å²) in [5.74, 6) is -2.06. The average Bonchev–Trinajstić information content (AvgIpc) is 3.01. The van der Waals surface area contributed by atoms with Gasteiger partial charge in [0.25, 0.3) is 10.0 Å². The number of aromatic hydroxyl groups is 1. The minimum absolute atomic E-state index is 0.0119. The summed E-state index contributed by atoms with van der Waals surface area (Å²) in [6.07, 6.45) is 2.26. The Morgan fingerprint density at radius 2 is 1.59 bits per heavy atom. The number of hydrogen-bond acceptors (Lipinski definition) is 9. The van der Waals surface area contributed by atoms with Gasteiger partial charge in [-0.25, -0.2) is 22.2 Å². The maximum atomic E-state index is 14.3. The zero-order valence-electron chi connectivity index (χ0n) is 22.4. The predicted octanol–water partition coefficient (Wildman–Crippen LogP) is 7.37. The number of ether oxygens (including phenoxy) is 1. The van der Waals surface area contributed by atoms with Crippen LogP contribution >= 0.6 is 0 Å². The predicted molar refractivity (Wildman–Crippen MR) is 156 cm³/mol. The van der Waals surface area contributed by atoms with E-state index in [1.54, 1.807) is 12.1 Å². The van der Waals surface area contributed by atoms with Crippen LogP contribution in [-0.2, 0) is 10.0 Å². The molecular weight excluding hydrogens is 594 g/mol. The minimum Gasteiger partial charge on any atom is -0.507 e. The Kier molecular flexibility index (Phi) is 8.49. The van der Waals surface area contributed by atoms with Gasteiger partial charge in [0.2, 0.25) is 0 Å². The van der Waals surface area contributed by atoms with Crippen LogP contribution in [0, 0.1) is 11.6 Å². The van der Waals surface area contributed by atoms with Gasteiger partial charge in [0, 0.05) is 30.0 Å². The molecule has 1 heterocycles. The average molecular weight is 615 g/mol. The summed E-state index contributed by atoms with van der Waals surface area (Å²) in [5.41, 5.74) is 0.435. The van der Waals surface area contributed by atoms with Crippen LogP contribution in [0.3, 0.4) is 0 Å². The van der Waals surface area contributed by atoms with E-state index in [1.807, 2.05) is 0 Å². The number of benzene rings is 4. The van der Waals surface area contributed by atoms with Crippen molar-refractivity contribution in [1.29, 1.82) is 0 Å². The second-order valence-electron chi connectivity index (χ2n) is 9.11. The molecule has 0 aliphatic rings. The number of pyridine rings is 1. The molecule has 0 radical (unpaired) electrons. The zero-order chi connectivity index (χ0) is 31.3. The maximum absolute atomic E-state index is 14.3. The summed E-state index contributed by atoms with van der Waals surface area (Å²) in [7, 11) is -3.90. The summed E-state index contributed by atoms with van der Waals surface area (Å²) in [4.78, 5) is 27.5. The van der Waals surface area contributed by atoms with E-state index in [4.69, 9.17) is 4.74 Å². The number of aldehydes is 2. The van der Waals surface area contributed by atoms with Crippen LogP contribution in [-0.4, -0.2) is 31.1 Å². The monoisotopic (exact) mass is 614 g/mol. The number of phenolic OH excluding ortho intramolecular Hbond substituents is 1. The standard InChI is InChI=1S/C31H20F2N4O6S/c32-21-5-10-25(27(33)14-21)19-4-11-29(20(13-19)17-38)43-30-16-23(15-28(40)26(30)18-39)36-35-22-6-8-24(9-7-22)44(41,42)37-31-3-1-2-12-34-31/h1-18,40H,(H,34,37)/b36-35+. The zero-order valence-corrected chi connectivity index (χ0v) is 23.2. The molecule has 2 N–H and O–H groups in total. The number of nitrogens with zero attached hydrogens (tertiary/aromatic N) is 3. The Bertz CT molecular complexity index is 2000. The van der Waals surface area contributed by atoms with Gasteiger partial charge in [0.05, 0.1) is 27.4 Å². The van der Waals surface area contributed by atoms with Crippen LogP contribution in [0.5, 0.6) is 17.2 Å². The molecule has 0 aliphatic heterocycles. The molecule has 4 aromatic carbocycles. The normalized spacial score (nSPS) is 11.3. The molecule has 220 valence electrons. The molecule has 44 heavy (non-hydrogen) atoms.